The van der Waals surface area contributed by atoms with Crippen LogP contribution in [0.15, 0.2) is 35.3 Å². The second-order valence-electron chi connectivity index (χ2n) is 2.58. The zero-order chi connectivity index (χ0) is 10.4. The summed E-state index contributed by atoms with van der Waals surface area (Å²) in [5, 5.41) is 0. The van der Waals surface area contributed by atoms with Gasteiger partial charge in [0.2, 0.25) is 0 Å². The van der Waals surface area contributed by atoms with Crippen LogP contribution >= 0.6 is 12.4 Å². The van der Waals surface area contributed by atoms with E-state index in [9.17, 15) is 4.79 Å². The van der Waals surface area contributed by atoms with Crippen LogP contribution in [0.4, 0.5) is 4.79 Å². The summed E-state index contributed by atoms with van der Waals surface area (Å²) in [5.41, 5.74) is 10.9. The van der Waals surface area contributed by atoms with Crippen LogP contribution in [0.25, 0.3) is 0 Å². The first-order chi connectivity index (χ1) is 6.68. The molecule has 0 fully saturated rings. The summed E-state index contributed by atoms with van der Waals surface area (Å²) < 4.78 is 4.75. The number of guanidine groups is 1. The molecule has 4 N–H and O–H groups in total. The van der Waals surface area contributed by atoms with Gasteiger partial charge in [0.15, 0.2) is 5.96 Å². The largest absolute Gasteiger partial charge is 0.443 e. The van der Waals surface area contributed by atoms with Crippen LogP contribution < -0.4 is 11.5 Å². The molecule has 0 aliphatic rings. The Balaban J connectivity index is 0.00000196. The van der Waals surface area contributed by atoms with Crippen molar-refractivity contribution in [3.8, 4) is 0 Å². The number of rotatable bonds is 2. The second kappa shape index (κ2) is 6.67. The Bertz CT molecular complexity index is 336. The zero-order valence-corrected chi connectivity index (χ0v) is 8.74. The van der Waals surface area contributed by atoms with Gasteiger partial charge in [-0.15, -0.1) is 17.4 Å². The van der Waals surface area contributed by atoms with Crippen LogP contribution in [-0.4, -0.2) is 12.1 Å². The number of hydrogen-bond acceptors (Lipinski definition) is 2. The summed E-state index contributed by atoms with van der Waals surface area (Å²) in [7, 11) is 0. The fourth-order valence-corrected chi connectivity index (χ4v) is 0.857. The molecule has 0 unspecified atom stereocenters. The van der Waals surface area contributed by atoms with Crippen molar-refractivity contribution in [1.29, 1.82) is 0 Å². The molecular formula is C9H12ClN3O2. The van der Waals surface area contributed by atoms with Gasteiger partial charge < -0.3 is 16.2 Å². The maximum Gasteiger partial charge on any atom is 0.437 e. The molecule has 0 aliphatic heterocycles. The van der Waals surface area contributed by atoms with E-state index in [-0.39, 0.29) is 25.0 Å². The maximum atomic E-state index is 10.9. The highest BCUT2D eigenvalue weighted by molar-refractivity contribution is 5.87. The van der Waals surface area contributed by atoms with E-state index in [1.807, 2.05) is 30.3 Å². The lowest BCUT2D eigenvalue weighted by Crippen LogP contribution is -2.24. The van der Waals surface area contributed by atoms with Gasteiger partial charge in [0.25, 0.3) is 0 Å². The number of carbonyl (C=O) groups is 1. The van der Waals surface area contributed by atoms with Crippen LogP contribution in [0.1, 0.15) is 5.56 Å². The average Bonchev–Trinajstić information content (AvgIpc) is 2.15. The molecule has 0 aromatic heterocycles. The Morgan fingerprint density at radius 1 is 1.27 bits per heavy atom. The molecule has 0 bridgehead atoms. The molecule has 1 aromatic carbocycles. The molecule has 0 spiro atoms. The number of halogens is 1. The third kappa shape index (κ3) is 5.53. The number of nitrogens with zero attached hydrogens (tertiary/aromatic N) is 1. The minimum absolute atomic E-state index is 0. The lowest BCUT2D eigenvalue weighted by atomic mass is 10.2. The molecule has 82 valence electrons. The smallest absolute Gasteiger partial charge is 0.437 e. The van der Waals surface area contributed by atoms with E-state index in [2.05, 4.69) is 4.99 Å². The maximum absolute atomic E-state index is 10.9. The third-order valence-corrected chi connectivity index (χ3v) is 1.43. The molecule has 0 aliphatic carbocycles. The minimum atomic E-state index is -0.783. The van der Waals surface area contributed by atoms with Crippen LogP contribution in [0, 0.1) is 0 Å². The monoisotopic (exact) mass is 229 g/mol. The molecule has 1 amide bonds. The molecular weight excluding hydrogens is 218 g/mol. The fraction of sp³-hybridized carbons (Fsp3) is 0.111. The number of nitrogens with two attached hydrogens (primary N) is 2. The first-order valence-electron chi connectivity index (χ1n) is 3.99. The van der Waals surface area contributed by atoms with Crippen molar-refractivity contribution in [2.24, 2.45) is 16.5 Å². The predicted octanol–water partition coefficient (Wildman–Crippen LogP) is 1.02. The van der Waals surface area contributed by atoms with E-state index in [1.54, 1.807) is 0 Å². The van der Waals surface area contributed by atoms with E-state index in [4.69, 9.17) is 16.2 Å². The van der Waals surface area contributed by atoms with Crippen molar-refractivity contribution < 1.29 is 9.53 Å². The standard InChI is InChI=1S/C9H11N3O2.ClH/c10-8(11)12-9(13)14-6-7-4-2-1-3-5-7;/h1-5H,6H2,(H4,10,11,12,13);1H. The molecule has 0 atom stereocenters. The van der Waals surface area contributed by atoms with Crippen LogP contribution in [0.3, 0.4) is 0 Å². The third-order valence-electron chi connectivity index (χ3n) is 1.43. The van der Waals surface area contributed by atoms with E-state index >= 15 is 0 Å². The first kappa shape index (κ1) is 13.2. The first-order valence-corrected chi connectivity index (χ1v) is 3.99. The summed E-state index contributed by atoms with van der Waals surface area (Å²) in [4.78, 5) is 14.1. The fourth-order valence-electron chi connectivity index (χ4n) is 0.857. The SMILES string of the molecule is Cl.NC(N)=NC(=O)OCc1ccccc1. The molecule has 0 heterocycles. The molecule has 1 rings (SSSR count). The van der Waals surface area contributed by atoms with Gasteiger partial charge in [-0.3, -0.25) is 0 Å². The summed E-state index contributed by atoms with van der Waals surface area (Å²) >= 11 is 0. The minimum Gasteiger partial charge on any atom is -0.443 e. The molecule has 6 heteroatoms. The van der Waals surface area contributed by atoms with Crippen molar-refractivity contribution in [3.63, 3.8) is 0 Å². The topological polar surface area (TPSA) is 90.7 Å². The Hall–Kier alpha value is -1.75. The van der Waals surface area contributed by atoms with Gasteiger partial charge in [-0.1, -0.05) is 30.3 Å². The highest BCUT2D eigenvalue weighted by atomic mass is 35.5. The average molecular weight is 230 g/mol. The lowest BCUT2D eigenvalue weighted by molar-refractivity contribution is 0.151. The summed E-state index contributed by atoms with van der Waals surface area (Å²) in [6.07, 6.45) is -0.783. The highest BCUT2D eigenvalue weighted by Crippen LogP contribution is 2.00. The lowest BCUT2D eigenvalue weighted by Gasteiger charge is -2.00. The van der Waals surface area contributed by atoms with E-state index < -0.39 is 6.09 Å². The molecule has 0 saturated carbocycles. The number of carbonyl (C=O) groups excluding carboxylic acids is 1. The Morgan fingerprint density at radius 3 is 2.40 bits per heavy atom. The quantitative estimate of drug-likeness (QED) is 0.585. The van der Waals surface area contributed by atoms with Crippen molar-refractivity contribution in [1.82, 2.24) is 0 Å². The van der Waals surface area contributed by atoms with Crippen molar-refractivity contribution >= 4 is 24.5 Å². The van der Waals surface area contributed by atoms with Crippen molar-refractivity contribution in [2.75, 3.05) is 0 Å². The summed E-state index contributed by atoms with van der Waals surface area (Å²) in [6.45, 7) is 0.163. The van der Waals surface area contributed by atoms with Gasteiger partial charge in [0.1, 0.15) is 6.61 Å². The van der Waals surface area contributed by atoms with Crippen LogP contribution in [-0.2, 0) is 11.3 Å². The van der Waals surface area contributed by atoms with Crippen LogP contribution in [0.2, 0.25) is 0 Å². The van der Waals surface area contributed by atoms with E-state index in [0.717, 1.165) is 5.56 Å². The Kier molecular flexibility index (Phi) is 5.89. The van der Waals surface area contributed by atoms with Crippen molar-refractivity contribution in [2.45, 2.75) is 6.61 Å². The number of hydrogen-bond donors (Lipinski definition) is 2. The molecule has 0 radical (unpaired) electrons. The van der Waals surface area contributed by atoms with Gasteiger partial charge in [0.05, 0.1) is 0 Å². The van der Waals surface area contributed by atoms with Gasteiger partial charge in [-0.05, 0) is 5.56 Å². The number of amides is 1. The van der Waals surface area contributed by atoms with Crippen molar-refractivity contribution in [3.05, 3.63) is 35.9 Å². The molecule has 0 saturated heterocycles. The van der Waals surface area contributed by atoms with Gasteiger partial charge in [-0.25, -0.2) is 4.79 Å². The normalized spacial score (nSPS) is 8.53. The number of benzene rings is 1. The molecule has 1 aromatic rings. The van der Waals surface area contributed by atoms with Gasteiger partial charge >= 0.3 is 6.09 Å². The zero-order valence-electron chi connectivity index (χ0n) is 7.92. The highest BCUT2D eigenvalue weighted by Gasteiger charge is 2.00. The van der Waals surface area contributed by atoms with E-state index in [0.29, 0.717) is 0 Å². The summed E-state index contributed by atoms with van der Waals surface area (Å²) in [5.74, 6) is -0.303. The predicted molar refractivity (Wildman–Crippen MR) is 59.7 cm³/mol. The van der Waals surface area contributed by atoms with Crippen LogP contribution in [0.5, 0.6) is 0 Å². The van der Waals surface area contributed by atoms with Gasteiger partial charge in [0, 0.05) is 0 Å². The summed E-state index contributed by atoms with van der Waals surface area (Å²) in [6, 6.07) is 9.25. The number of aliphatic imine (C=N–C) groups is 1. The van der Waals surface area contributed by atoms with Gasteiger partial charge in [-0.2, -0.15) is 0 Å². The molecule has 15 heavy (non-hydrogen) atoms. The Labute approximate surface area is 93.5 Å². The van der Waals surface area contributed by atoms with E-state index in [1.165, 1.54) is 0 Å². The molecule has 5 nitrogen and oxygen atoms in total. The Morgan fingerprint density at radius 2 is 1.87 bits per heavy atom. The number of ether oxygens (including phenoxy) is 1. The second-order valence-corrected chi connectivity index (χ2v) is 2.58.